The van der Waals surface area contributed by atoms with Gasteiger partial charge in [0.1, 0.15) is 5.92 Å². The number of benzene rings is 2. The van der Waals surface area contributed by atoms with Gasteiger partial charge in [-0.05, 0) is 34.5 Å². The van der Waals surface area contributed by atoms with Gasteiger partial charge in [0.25, 0.3) is 0 Å². The van der Waals surface area contributed by atoms with Crippen LogP contribution < -0.4 is 0 Å². The molecule has 0 aliphatic heterocycles. The number of carboxylic acids is 1. The fourth-order valence-corrected chi connectivity index (χ4v) is 2.32. The molecule has 0 saturated carbocycles. The minimum Gasteiger partial charge on any atom is -0.481 e. The van der Waals surface area contributed by atoms with Crippen LogP contribution in [0.1, 0.15) is 21.8 Å². The zero-order valence-corrected chi connectivity index (χ0v) is 9.46. The first-order valence-corrected chi connectivity index (χ1v) is 5.65. The Morgan fingerprint density at radius 3 is 2.44 bits per heavy atom. The lowest BCUT2D eigenvalue weighted by atomic mass is 9.85. The van der Waals surface area contributed by atoms with E-state index in [1.165, 1.54) is 12.2 Å². The van der Waals surface area contributed by atoms with Crippen molar-refractivity contribution in [1.29, 1.82) is 0 Å². The van der Waals surface area contributed by atoms with Crippen LogP contribution in [0.25, 0.3) is 10.8 Å². The summed E-state index contributed by atoms with van der Waals surface area (Å²) in [5.41, 5.74) is 1.07. The molecule has 1 aliphatic rings. The number of fused-ring (bicyclic) bond motifs is 2. The maximum absolute atomic E-state index is 11.8. The number of carbonyl (C=O) groups excluding carboxylic acids is 1. The van der Waals surface area contributed by atoms with E-state index in [1.807, 2.05) is 24.3 Å². The van der Waals surface area contributed by atoms with Crippen LogP contribution in [0.2, 0.25) is 0 Å². The number of carbonyl (C=O) groups is 2. The van der Waals surface area contributed by atoms with Gasteiger partial charge in [-0.25, -0.2) is 0 Å². The van der Waals surface area contributed by atoms with Gasteiger partial charge in [0.05, 0.1) is 0 Å². The number of rotatable bonds is 1. The summed E-state index contributed by atoms with van der Waals surface area (Å²) in [5, 5.41) is 11.1. The van der Waals surface area contributed by atoms with Gasteiger partial charge >= 0.3 is 5.97 Å². The summed E-state index contributed by atoms with van der Waals surface area (Å²) in [6.45, 7) is 0. The van der Waals surface area contributed by atoms with E-state index >= 15 is 0 Å². The fraction of sp³-hybridized carbons (Fsp3) is 0.0667. The second kappa shape index (κ2) is 3.81. The highest BCUT2D eigenvalue weighted by Crippen LogP contribution is 2.31. The van der Waals surface area contributed by atoms with E-state index in [4.69, 9.17) is 0 Å². The van der Waals surface area contributed by atoms with E-state index in [0.29, 0.717) is 11.1 Å². The molecule has 18 heavy (non-hydrogen) atoms. The number of allylic oxidation sites excluding steroid dienone is 1. The molecule has 0 saturated heterocycles. The Hall–Kier alpha value is -2.42. The summed E-state index contributed by atoms with van der Waals surface area (Å²) >= 11 is 0. The topological polar surface area (TPSA) is 54.4 Å². The first-order valence-electron chi connectivity index (χ1n) is 5.65. The van der Waals surface area contributed by atoms with Gasteiger partial charge in [0.15, 0.2) is 5.78 Å². The van der Waals surface area contributed by atoms with Crippen molar-refractivity contribution in [1.82, 2.24) is 0 Å². The second-order valence-corrected chi connectivity index (χ2v) is 4.33. The van der Waals surface area contributed by atoms with Crippen LogP contribution >= 0.6 is 0 Å². The van der Waals surface area contributed by atoms with Crippen molar-refractivity contribution in [2.24, 2.45) is 0 Å². The highest BCUT2D eigenvalue weighted by atomic mass is 16.4. The monoisotopic (exact) mass is 238 g/mol. The van der Waals surface area contributed by atoms with Crippen LogP contribution in [-0.4, -0.2) is 16.9 Å². The molecule has 88 valence electrons. The molecule has 1 atom stereocenters. The Balaban J connectivity index is 2.31. The molecular weight excluding hydrogens is 228 g/mol. The molecule has 1 unspecified atom stereocenters. The predicted octanol–water partition coefficient (Wildman–Crippen LogP) is 2.76. The number of aliphatic carboxylic acids is 1. The molecule has 1 aliphatic carbocycles. The molecule has 1 N–H and O–H groups in total. The SMILES string of the molecule is O=C1C=CC(C(=O)O)c2cc3ccccc3cc21. The predicted molar refractivity (Wildman–Crippen MR) is 67.8 cm³/mol. The first-order chi connectivity index (χ1) is 8.66. The lowest BCUT2D eigenvalue weighted by Crippen LogP contribution is -2.17. The molecule has 3 rings (SSSR count). The Morgan fingerprint density at radius 2 is 1.78 bits per heavy atom. The van der Waals surface area contributed by atoms with Gasteiger partial charge < -0.3 is 5.11 Å². The molecule has 2 aromatic carbocycles. The molecule has 0 spiro atoms. The molecule has 0 fully saturated rings. The molecule has 2 aromatic rings. The number of hydrogen-bond acceptors (Lipinski definition) is 2. The van der Waals surface area contributed by atoms with Crippen molar-refractivity contribution in [3.63, 3.8) is 0 Å². The molecule has 3 nitrogen and oxygen atoms in total. The fourth-order valence-electron chi connectivity index (χ4n) is 2.32. The minimum atomic E-state index is -0.935. The summed E-state index contributed by atoms with van der Waals surface area (Å²) in [7, 11) is 0. The van der Waals surface area contributed by atoms with Crippen molar-refractivity contribution in [3.8, 4) is 0 Å². The summed E-state index contributed by atoms with van der Waals surface area (Å²) in [6, 6.07) is 11.2. The Bertz CT molecular complexity index is 698. The molecule has 0 bridgehead atoms. The van der Waals surface area contributed by atoms with Crippen molar-refractivity contribution < 1.29 is 14.7 Å². The largest absolute Gasteiger partial charge is 0.481 e. The number of carboxylic acid groups (broad SMARTS) is 1. The van der Waals surface area contributed by atoms with Crippen molar-refractivity contribution in [3.05, 3.63) is 59.7 Å². The van der Waals surface area contributed by atoms with E-state index < -0.39 is 11.9 Å². The molecule has 0 amide bonds. The summed E-state index contributed by atoms with van der Waals surface area (Å²) < 4.78 is 0. The van der Waals surface area contributed by atoms with Gasteiger partial charge in [-0.3, -0.25) is 9.59 Å². The van der Waals surface area contributed by atoms with Crippen LogP contribution in [0.5, 0.6) is 0 Å². The Kier molecular flexibility index (Phi) is 2.27. The van der Waals surface area contributed by atoms with E-state index in [2.05, 4.69) is 0 Å². The first kappa shape index (κ1) is 10.7. The van der Waals surface area contributed by atoms with Crippen molar-refractivity contribution in [2.75, 3.05) is 0 Å². The Morgan fingerprint density at radius 1 is 1.11 bits per heavy atom. The third kappa shape index (κ3) is 1.52. The van der Waals surface area contributed by atoms with E-state index in [9.17, 15) is 14.7 Å². The molecular formula is C15H10O3. The quantitative estimate of drug-likeness (QED) is 0.831. The van der Waals surface area contributed by atoms with E-state index in [-0.39, 0.29) is 5.78 Å². The van der Waals surface area contributed by atoms with Crippen molar-refractivity contribution in [2.45, 2.75) is 5.92 Å². The molecule has 3 heteroatoms. The lowest BCUT2D eigenvalue weighted by Gasteiger charge is -2.17. The second-order valence-electron chi connectivity index (χ2n) is 4.33. The third-order valence-corrected chi connectivity index (χ3v) is 3.22. The smallest absolute Gasteiger partial charge is 0.314 e. The normalized spacial score (nSPS) is 17.8. The number of ketones is 1. The highest BCUT2D eigenvalue weighted by molar-refractivity contribution is 6.11. The van der Waals surface area contributed by atoms with Crippen LogP contribution in [0.4, 0.5) is 0 Å². The summed E-state index contributed by atoms with van der Waals surface area (Å²) in [5.74, 6) is -1.80. The zero-order chi connectivity index (χ0) is 12.7. The van der Waals surface area contributed by atoms with Crippen LogP contribution in [0.15, 0.2) is 48.6 Å². The molecule has 0 radical (unpaired) electrons. The minimum absolute atomic E-state index is 0.131. The summed E-state index contributed by atoms with van der Waals surface area (Å²) in [6.07, 6.45) is 2.79. The standard InChI is InChI=1S/C15H10O3/c16-14-6-5-11(15(17)18)12-7-9-3-1-2-4-10(9)8-13(12)14/h1-8,11H,(H,17,18). The maximum atomic E-state index is 11.8. The average Bonchev–Trinajstić information content (AvgIpc) is 2.37. The maximum Gasteiger partial charge on any atom is 0.314 e. The van der Waals surface area contributed by atoms with E-state index in [1.54, 1.807) is 12.1 Å². The van der Waals surface area contributed by atoms with Gasteiger partial charge in [-0.15, -0.1) is 0 Å². The van der Waals surface area contributed by atoms with Crippen LogP contribution in [0.3, 0.4) is 0 Å². The molecule has 0 aromatic heterocycles. The number of hydrogen-bond donors (Lipinski definition) is 1. The molecule has 0 heterocycles. The zero-order valence-electron chi connectivity index (χ0n) is 9.46. The average molecular weight is 238 g/mol. The third-order valence-electron chi connectivity index (χ3n) is 3.22. The summed E-state index contributed by atoms with van der Waals surface area (Å²) in [4.78, 5) is 23.0. The highest BCUT2D eigenvalue weighted by Gasteiger charge is 2.26. The van der Waals surface area contributed by atoms with E-state index in [0.717, 1.165) is 10.8 Å². The van der Waals surface area contributed by atoms with Gasteiger partial charge in [0.2, 0.25) is 0 Å². The van der Waals surface area contributed by atoms with Gasteiger partial charge in [-0.2, -0.15) is 0 Å². The lowest BCUT2D eigenvalue weighted by molar-refractivity contribution is -0.137. The van der Waals surface area contributed by atoms with Gasteiger partial charge in [0, 0.05) is 5.56 Å². The van der Waals surface area contributed by atoms with Crippen molar-refractivity contribution >= 4 is 22.5 Å². The van der Waals surface area contributed by atoms with Crippen LogP contribution in [-0.2, 0) is 4.79 Å². The van der Waals surface area contributed by atoms with Crippen LogP contribution in [0, 0.1) is 0 Å². The Labute approximate surface area is 103 Å². The van der Waals surface area contributed by atoms with Gasteiger partial charge in [-0.1, -0.05) is 30.3 Å².